The van der Waals surface area contributed by atoms with Gasteiger partial charge in [0.05, 0.1) is 0 Å². The van der Waals surface area contributed by atoms with Crippen molar-refractivity contribution in [3.63, 3.8) is 0 Å². The minimum absolute atomic E-state index is 0.313. The third-order valence-electron chi connectivity index (χ3n) is 1.48. The van der Waals surface area contributed by atoms with Gasteiger partial charge in [0.2, 0.25) is 5.13 Å². The fraction of sp³-hybridized carbons (Fsp3) is 0. The molecule has 1 amide bonds. The monoisotopic (exact) mass is 285 g/mol. The molecule has 0 aliphatic heterocycles. The zero-order chi connectivity index (χ0) is 10.7. The van der Waals surface area contributed by atoms with Crippen LogP contribution in [0.4, 0.5) is 5.13 Å². The van der Waals surface area contributed by atoms with Crippen LogP contribution in [0.3, 0.4) is 0 Å². The molecule has 0 fully saturated rings. The van der Waals surface area contributed by atoms with Gasteiger partial charge in [0.15, 0.2) is 0 Å². The molecule has 2 rings (SSSR count). The quantitative estimate of drug-likeness (QED) is 0.901. The number of anilines is 1. The zero-order valence-corrected chi connectivity index (χ0v) is 9.62. The Morgan fingerprint density at radius 2 is 2.33 bits per heavy atom. The number of nitrogens with one attached hydrogen (secondary N) is 1. The van der Waals surface area contributed by atoms with Gasteiger partial charge in [0.25, 0.3) is 5.91 Å². The molecule has 0 atom stereocenters. The van der Waals surface area contributed by atoms with Crippen LogP contribution in [-0.2, 0) is 0 Å². The predicted molar refractivity (Wildman–Crippen MR) is 57.6 cm³/mol. The van der Waals surface area contributed by atoms with Crippen molar-refractivity contribution in [1.82, 2.24) is 19.8 Å². The second-order valence-electron chi connectivity index (χ2n) is 2.48. The van der Waals surface area contributed by atoms with Crippen molar-refractivity contribution in [2.24, 2.45) is 0 Å². The first-order chi connectivity index (χ1) is 7.25. The van der Waals surface area contributed by atoms with Gasteiger partial charge in [-0.3, -0.25) is 10.1 Å². The smallest absolute Gasteiger partial charge is 0.276 e. The van der Waals surface area contributed by atoms with E-state index in [1.165, 1.54) is 0 Å². The molecule has 1 N–H and O–H groups in total. The van der Waals surface area contributed by atoms with Crippen LogP contribution in [0.5, 0.6) is 0 Å². The van der Waals surface area contributed by atoms with Gasteiger partial charge in [0, 0.05) is 22.2 Å². The lowest BCUT2D eigenvalue weighted by molar-refractivity contribution is 0.102. The van der Waals surface area contributed by atoms with E-state index in [2.05, 4.69) is 41.0 Å². The number of hydrogen-bond acceptors (Lipinski definition) is 6. The predicted octanol–water partition coefficient (Wildman–Crippen LogP) is 1.34. The van der Waals surface area contributed by atoms with E-state index in [0.29, 0.717) is 10.8 Å². The maximum Gasteiger partial charge on any atom is 0.276 e. The highest BCUT2D eigenvalue weighted by Crippen LogP contribution is 2.10. The van der Waals surface area contributed by atoms with Crippen molar-refractivity contribution in [3.8, 4) is 0 Å². The van der Waals surface area contributed by atoms with Gasteiger partial charge in [0.1, 0.15) is 5.69 Å². The van der Waals surface area contributed by atoms with Crippen LogP contribution < -0.4 is 5.32 Å². The average Bonchev–Trinajstić information content (AvgIpc) is 2.71. The van der Waals surface area contributed by atoms with Crippen LogP contribution in [0.2, 0.25) is 0 Å². The van der Waals surface area contributed by atoms with Crippen molar-refractivity contribution in [1.29, 1.82) is 0 Å². The number of pyridine rings is 1. The van der Waals surface area contributed by atoms with Crippen LogP contribution in [0.15, 0.2) is 22.8 Å². The fourth-order valence-electron chi connectivity index (χ4n) is 0.853. The van der Waals surface area contributed by atoms with Crippen molar-refractivity contribution in [2.45, 2.75) is 0 Å². The van der Waals surface area contributed by atoms with Gasteiger partial charge in [-0.2, -0.15) is 0 Å². The molecule has 0 aliphatic rings. The molecule has 0 saturated carbocycles. The number of nitrogens with zero attached hydrogens (tertiary/aromatic N) is 4. The summed E-state index contributed by atoms with van der Waals surface area (Å²) >= 11 is 4.24. The lowest BCUT2D eigenvalue weighted by Crippen LogP contribution is -2.13. The van der Waals surface area contributed by atoms with E-state index in [1.807, 2.05) is 0 Å². The first kappa shape index (κ1) is 10.1. The van der Waals surface area contributed by atoms with Crippen molar-refractivity contribution in [3.05, 3.63) is 28.5 Å². The number of aromatic nitrogens is 4. The molecule has 0 radical (unpaired) electrons. The van der Waals surface area contributed by atoms with Crippen molar-refractivity contribution >= 4 is 38.5 Å². The number of hydrogen-bond donors (Lipinski definition) is 1. The van der Waals surface area contributed by atoms with E-state index in [4.69, 9.17) is 0 Å². The summed E-state index contributed by atoms with van der Waals surface area (Å²) in [5.41, 5.74) is 0.313. The molecule has 6 nitrogen and oxygen atoms in total. The molecule has 76 valence electrons. The fourth-order valence-corrected chi connectivity index (χ4v) is 1.45. The Morgan fingerprint density at radius 3 is 2.93 bits per heavy atom. The Morgan fingerprint density at radius 1 is 1.47 bits per heavy atom. The van der Waals surface area contributed by atoms with E-state index in [0.717, 1.165) is 16.0 Å². The highest BCUT2D eigenvalue weighted by atomic mass is 79.9. The Hall–Kier alpha value is -1.41. The first-order valence-electron chi connectivity index (χ1n) is 3.83. The Balaban J connectivity index is 2.11. The van der Waals surface area contributed by atoms with E-state index >= 15 is 0 Å². The number of rotatable bonds is 2. The topological polar surface area (TPSA) is 80.7 Å². The number of halogens is 1. The number of carbonyl (C=O) groups excluding carboxylic acids is 1. The lowest BCUT2D eigenvalue weighted by Gasteiger charge is -1.98. The molecule has 2 aromatic rings. The summed E-state index contributed by atoms with van der Waals surface area (Å²) < 4.78 is 4.34. The second-order valence-corrected chi connectivity index (χ2v) is 4.13. The molecule has 0 spiro atoms. The zero-order valence-electron chi connectivity index (χ0n) is 7.22. The van der Waals surface area contributed by atoms with Crippen LogP contribution in [0, 0.1) is 0 Å². The van der Waals surface area contributed by atoms with Crippen molar-refractivity contribution < 1.29 is 4.79 Å². The van der Waals surface area contributed by atoms with Gasteiger partial charge >= 0.3 is 0 Å². The summed E-state index contributed by atoms with van der Waals surface area (Å²) in [5.74, 6) is -0.332. The molecule has 0 saturated heterocycles. The van der Waals surface area contributed by atoms with Crippen LogP contribution in [-0.4, -0.2) is 25.7 Å². The average molecular weight is 286 g/mol. The third kappa shape index (κ3) is 2.54. The number of amides is 1. The summed E-state index contributed by atoms with van der Waals surface area (Å²) in [6, 6.07) is 3.34. The summed E-state index contributed by atoms with van der Waals surface area (Å²) in [7, 11) is 0. The third-order valence-corrected chi connectivity index (χ3v) is 2.46. The Kier molecular flexibility index (Phi) is 2.97. The standard InChI is InChI=1S/C7H4BrN5OS/c8-4-1-2-5(9-3-4)6(14)10-7-11-12-13-15-7/h1-3H,(H,10,11,13,14). The Labute approximate surface area is 97.0 Å². The summed E-state index contributed by atoms with van der Waals surface area (Å²) in [6.45, 7) is 0. The molecule has 0 bridgehead atoms. The largest absolute Gasteiger partial charge is 0.294 e. The molecular weight excluding hydrogens is 282 g/mol. The minimum atomic E-state index is -0.332. The molecule has 2 heterocycles. The van der Waals surface area contributed by atoms with Gasteiger partial charge in [-0.1, -0.05) is 9.59 Å². The van der Waals surface area contributed by atoms with Gasteiger partial charge in [-0.05, 0) is 33.3 Å². The molecule has 2 aromatic heterocycles. The van der Waals surface area contributed by atoms with E-state index in [1.54, 1.807) is 18.3 Å². The molecular formula is C7H4BrN5OS. The second kappa shape index (κ2) is 4.41. The van der Waals surface area contributed by atoms with Crippen molar-refractivity contribution in [2.75, 3.05) is 5.32 Å². The van der Waals surface area contributed by atoms with E-state index in [-0.39, 0.29) is 5.91 Å². The molecule has 0 unspecified atom stereocenters. The Bertz CT molecular complexity index is 457. The SMILES string of the molecule is O=C(Nc1nnns1)c1ccc(Br)cn1. The number of carbonyl (C=O) groups is 1. The molecule has 8 heteroatoms. The summed E-state index contributed by atoms with van der Waals surface area (Å²) in [6.07, 6.45) is 1.55. The van der Waals surface area contributed by atoms with Crippen LogP contribution in [0.25, 0.3) is 0 Å². The maximum atomic E-state index is 11.5. The minimum Gasteiger partial charge on any atom is -0.294 e. The highest BCUT2D eigenvalue weighted by molar-refractivity contribution is 9.10. The molecule has 0 aromatic carbocycles. The summed E-state index contributed by atoms with van der Waals surface area (Å²) in [4.78, 5) is 15.5. The lowest BCUT2D eigenvalue weighted by atomic mass is 10.3. The van der Waals surface area contributed by atoms with Crippen LogP contribution in [0.1, 0.15) is 10.5 Å². The normalized spacial score (nSPS) is 9.93. The molecule has 15 heavy (non-hydrogen) atoms. The maximum absolute atomic E-state index is 11.5. The van der Waals surface area contributed by atoms with Crippen LogP contribution >= 0.6 is 27.5 Å². The van der Waals surface area contributed by atoms with Gasteiger partial charge < -0.3 is 0 Å². The van der Waals surface area contributed by atoms with Gasteiger partial charge in [-0.25, -0.2) is 4.98 Å². The molecule has 0 aliphatic carbocycles. The first-order valence-corrected chi connectivity index (χ1v) is 5.40. The van der Waals surface area contributed by atoms with Gasteiger partial charge in [-0.15, -0.1) is 0 Å². The van der Waals surface area contributed by atoms with E-state index < -0.39 is 0 Å². The van der Waals surface area contributed by atoms with E-state index in [9.17, 15) is 4.79 Å². The summed E-state index contributed by atoms with van der Waals surface area (Å²) in [5, 5.41) is 9.82. The highest BCUT2D eigenvalue weighted by Gasteiger charge is 2.09.